The number of aryl methyl sites for hydroxylation is 2. The molecule has 94 valence electrons. The predicted octanol–water partition coefficient (Wildman–Crippen LogP) is 4.83. The first-order valence-corrected chi connectivity index (χ1v) is 6.44. The van der Waals surface area contributed by atoms with Crippen molar-refractivity contribution in [3.8, 4) is 16.9 Å². The van der Waals surface area contributed by atoms with Gasteiger partial charge in [0.15, 0.2) is 0 Å². The molecule has 0 aliphatic heterocycles. The molecule has 0 atom stereocenters. The monoisotopic (exact) mass is 248 g/mol. The minimum atomic E-state index is 0.337. The zero-order valence-electron chi connectivity index (χ0n) is 11.1. The van der Waals surface area contributed by atoms with Crippen LogP contribution in [0.15, 0.2) is 54.6 Å². The predicted molar refractivity (Wildman–Crippen MR) is 80.5 cm³/mol. The Morgan fingerprint density at radius 2 is 1.37 bits per heavy atom. The summed E-state index contributed by atoms with van der Waals surface area (Å²) in [5.41, 5.74) is 4.88. The maximum absolute atomic E-state index is 9.95. The van der Waals surface area contributed by atoms with Gasteiger partial charge in [0.1, 0.15) is 5.75 Å². The molecule has 0 aromatic heterocycles. The van der Waals surface area contributed by atoms with Gasteiger partial charge in [0.2, 0.25) is 0 Å². The summed E-state index contributed by atoms with van der Waals surface area (Å²) in [5, 5.41) is 11.9. The number of fused-ring (bicyclic) bond motifs is 1. The van der Waals surface area contributed by atoms with Gasteiger partial charge in [-0.25, -0.2) is 0 Å². The average molecular weight is 248 g/mol. The fraction of sp³-hybridized carbons (Fsp3) is 0.111. The van der Waals surface area contributed by atoms with Crippen molar-refractivity contribution < 1.29 is 5.11 Å². The molecule has 0 unspecified atom stereocenters. The van der Waals surface area contributed by atoms with Gasteiger partial charge in [-0.2, -0.15) is 0 Å². The minimum Gasteiger partial charge on any atom is -0.507 e. The maximum atomic E-state index is 9.95. The number of hydrogen-bond donors (Lipinski definition) is 1. The van der Waals surface area contributed by atoms with Gasteiger partial charge in [-0.3, -0.25) is 0 Å². The van der Waals surface area contributed by atoms with Gasteiger partial charge >= 0.3 is 0 Å². The highest BCUT2D eigenvalue weighted by molar-refractivity contribution is 6.00. The van der Waals surface area contributed by atoms with Crippen LogP contribution in [-0.2, 0) is 0 Å². The van der Waals surface area contributed by atoms with Crippen LogP contribution in [0.1, 0.15) is 11.1 Å². The Bertz CT molecular complexity index is 736. The zero-order valence-corrected chi connectivity index (χ0v) is 11.1. The summed E-state index contributed by atoms with van der Waals surface area (Å²) in [4.78, 5) is 0. The third kappa shape index (κ3) is 2.08. The minimum absolute atomic E-state index is 0.337. The highest BCUT2D eigenvalue weighted by Gasteiger charge is 2.07. The largest absolute Gasteiger partial charge is 0.507 e. The van der Waals surface area contributed by atoms with Gasteiger partial charge in [0.25, 0.3) is 0 Å². The molecular formula is C18H16O. The fourth-order valence-electron chi connectivity index (χ4n) is 2.67. The number of aromatic hydroxyl groups is 1. The molecule has 0 spiro atoms. The van der Waals surface area contributed by atoms with E-state index in [2.05, 4.69) is 38.1 Å². The highest BCUT2D eigenvalue weighted by Crippen LogP contribution is 2.34. The molecule has 0 heterocycles. The van der Waals surface area contributed by atoms with Crippen molar-refractivity contribution in [3.05, 3.63) is 65.7 Å². The van der Waals surface area contributed by atoms with Crippen LogP contribution in [0.4, 0.5) is 0 Å². The molecule has 3 rings (SSSR count). The lowest BCUT2D eigenvalue weighted by molar-refractivity contribution is 0.481. The second-order valence-electron chi connectivity index (χ2n) is 5.05. The van der Waals surface area contributed by atoms with Gasteiger partial charge in [-0.05, 0) is 36.4 Å². The van der Waals surface area contributed by atoms with Crippen LogP contribution in [0.25, 0.3) is 21.9 Å². The van der Waals surface area contributed by atoms with E-state index in [-0.39, 0.29) is 0 Å². The van der Waals surface area contributed by atoms with Crippen molar-refractivity contribution in [2.24, 2.45) is 0 Å². The highest BCUT2D eigenvalue weighted by atomic mass is 16.3. The lowest BCUT2D eigenvalue weighted by Gasteiger charge is -2.10. The summed E-state index contributed by atoms with van der Waals surface area (Å²) < 4.78 is 0. The normalized spacial score (nSPS) is 10.8. The number of hydrogen-bond acceptors (Lipinski definition) is 1. The van der Waals surface area contributed by atoms with E-state index in [1.165, 1.54) is 22.3 Å². The summed E-state index contributed by atoms with van der Waals surface area (Å²) in [5.74, 6) is 0.337. The van der Waals surface area contributed by atoms with Crippen molar-refractivity contribution in [2.75, 3.05) is 0 Å². The number of rotatable bonds is 1. The van der Waals surface area contributed by atoms with E-state index in [0.29, 0.717) is 5.75 Å². The van der Waals surface area contributed by atoms with Crippen LogP contribution in [0.3, 0.4) is 0 Å². The van der Waals surface area contributed by atoms with E-state index in [9.17, 15) is 5.11 Å². The molecule has 0 fully saturated rings. The lowest BCUT2D eigenvalue weighted by atomic mass is 9.95. The molecule has 1 N–H and O–H groups in total. The second-order valence-corrected chi connectivity index (χ2v) is 5.05. The fourth-order valence-corrected chi connectivity index (χ4v) is 2.67. The third-order valence-electron chi connectivity index (χ3n) is 3.43. The molecule has 0 aliphatic carbocycles. The van der Waals surface area contributed by atoms with Crippen molar-refractivity contribution >= 4 is 10.8 Å². The molecule has 3 aromatic rings. The van der Waals surface area contributed by atoms with E-state index in [1.54, 1.807) is 6.07 Å². The number of phenols is 1. The molecule has 1 heteroatoms. The second kappa shape index (κ2) is 4.43. The van der Waals surface area contributed by atoms with Crippen molar-refractivity contribution in [1.29, 1.82) is 0 Å². The van der Waals surface area contributed by atoms with Crippen LogP contribution >= 0.6 is 0 Å². The van der Waals surface area contributed by atoms with Gasteiger partial charge in [0.05, 0.1) is 0 Å². The Balaban J connectivity index is 2.34. The van der Waals surface area contributed by atoms with Crippen molar-refractivity contribution in [1.82, 2.24) is 0 Å². The quantitative estimate of drug-likeness (QED) is 0.654. The van der Waals surface area contributed by atoms with Crippen LogP contribution in [0, 0.1) is 13.8 Å². The van der Waals surface area contributed by atoms with E-state index < -0.39 is 0 Å². The summed E-state index contributed by atoms with van der Waals surface area (Å²) in [6.45, 7) is 4.22. The summed E-state index contributed by atoms with van der Waals surface area (Å²) >= 11 is 0. The maximum Gasteiger partial charge on any atom is 0.123 e. The Kier molecular flexibility index (Phi) is 2.75. The molecular weight excluding hydrogens is 232 g/mol. The van der Waals surface area contributed by atoms with Gasteiger partial charge in [-0.1, -0.05) is 59.7 Å². The summed E-state index contributed by atoms with van der Waals surface area (Å²) in [6, 6.07) is 18.3. The number of benzene rings is 3. The van der Waals surface area contributed by atoms with Crippen LogP contribution < -0.4 is 0 Å². The first kappa shape index (κ1) is 11.8. The van der Waals surface area contributed by atoms with Crippen LogP contribution in [0.5, 0.6) is 5.75 Å². The Labute approximate surface area is 113 Å². The van der Waals surface area contributed by atoms with E-state index in [0.717, 1.165) is 10.8 Å². The molecule has 0 saturated heterocycles. The molecule has 0 aliphatic rings. The van der Waals surface area contributed by atoms with Crippen LogP contribution in [-0.4, -0.2) is 5.11 Å². The van der Waals surface area contributed by atoms with E-state index >= 15 is 0 Å². The molecule has 1 nitrogen and oxygen atoms in total. The molecule has 3 aromatic carbocycles. The molecule has 19 heavy (non-hydrogen) atoms. The molecule has 0 bridgehead atoms. The average Bonchev–Trinajstić information content (AvgIpc) is 2.38. The Morgan fingerprint density at radius 1 is 0.737 bits per heavy atom. The SMILES string of the molecule is Cc1cc(C)cc(-c2ccc(O)c3ccccc23)c1. The first-order valence-electron chi connectivity index (χ1n) is 6.44. The van der Waals surface area contributed by atoms with Gasteiger partial charge in [0, 0.05) is 5.39 Å². The van der Waals surface area contributed by atoms with Crippen molar-refractivity contribution in [2.45, 2.75) is 13.8 Å². The van der Waals surface area contributed by atoms with Gasteiger partial charge in [-0.15, -0.1) is 0 Å². The van der Waals surface area contributed by atoms with Gasteiger partial charge < -0.3 is 5.11 Å². The zero-order chi connectivity index (χ0) is 13.4. The smallest absolute Gasteiger partial charge is 0.123 e. The molecule has 0 saturated carbocycles. The number of phenolic OH excluding ortho intramolecular Hbond substituents is 1. The van der Waals surface area contributed by atoms with E-state index in [1.807, 2.05) is 24.3 Å². The standard InChI is InChI=1S/C18H16O/c1-12-9-13(2)11-14(10-12)15-7-8-18(19)17-6-4-3-5-16(15)17/h3-11,19H,1-2H3. The summed E-state index contributed by atoms with van der Waals surface area (Å²) in [7, 11) is 0. The summed E-state index contributed by atoms with van der Waals surface area (Å²) in [6.07, 6.45) is 0. The van der Waals surface area contributed by atoms with Crippen molar-refractivity contribution in [3.63, 3.8) is 0 Å². The Morgan fingerprint density at radius 3 is 2.05 bits per heavy atom. The Hall–Kier alpha value is -2.28. The molecule has 0 amide bonds. The third-order valence-corrected chi connectivity index (χ3v) is 3.43. The van der Waals surface area contributed by atoms with E-state index in [4.69, 9.17) is 0 Å². The first-order chi connectivity index (χ1) is 9.15. The lowest BCUT2D eigenvalue weighted by Crippen LogP contribution is -1.85. The topological polar surface area (TPSA) is 20.2 Å². The van der Waals surface area contributed by atoms with Crippen LogP contribution in [0.2, 0.25) is 0 Å². The molecule has 0 radical (unpaired) electrons.